The van der Waals surface area contributed by atoms with Crippen LogP contribution in [0.4, 0.5) is 0 Å². The molecule has 0 aliphatic heterocycles. The summed E-state index contributed by atoms with van der Waals surface area (Å²) in [7, 11) is 0. The number of hydrogen-bond acceptors (Lipinski definition) is 4. The van der Waals surface area contributed by atoms with E-state index in [0.29, 0.717) is 5.75 Å². The zero-order valence-electron chi connectivity index (χ0n) is 8.09. The Morgan fingerprint density at radius 1 is 1.31 bits per heavy atom. The van der Waals surface area contributed by atoms with Gasteiger partial charge in [-0.1, -0.05) is 22.0 Å². The second kappa shape index (κ2) is 4.73. The topological polar surface area (TPSA) is 58.8 Å². The molecule has 0 aliphatic rings. The predicted octanol–water partition coefficient (Wildman–Crippen LogP) is 2.90. The molecule has 2 rings (SSSR count). The average Bonchev–Trinajstić information content (AvgIpc) is 2.29. The molecule has 2 aromatic rings. The molecule has 1 aromatic heterocycles. The van der Waals surface area contributed by atoms with Gasteiger partial charge in [0, 0.05) is 10.7 Å². The molecule has 4 nitrogen and oxygen atoms in total. The molecule has 1 heterocycles. The van der Waals surface area contributed by atoms with Crippen LogP contribution in [0.15, 0.2) is 41.0 Å². The number of rotatable bonds is 2. The van der Waals surface area contributed by atoms with E-state index in [-0.39, 0.29) is 11.7 Å². The largest absolute Gasteiger partial charge is 0.424 e. The van der Waals surface area contributed by atoms with Crippen LogP contribution in [0.5, 0.6) is 11.8 Å². The molecule has 5 heteroatoms. The van der Waals surface area contributed by atoms with E-state index in [1.165, 1.54) is 12.3 Å². The summed E-state index contributed by atoms with van der Waals surface area (Å²) in [6, 6.07) is 10.9. The highest BCUT2D eigenvalue weighted by atomic mass is 79.9. The molecule has 0 N–H and O–H groups in total. The number of nitrogens with zero attached hydrogens (tertiary/aromatic N) is 3. The number of benzene rings is 1. The minimum absolute atomic E-state index is 0.164. The van der Waals surface area contributed by atoms with Gasteiger partial charge in [-0.2, -0.15) is 10.2 Å². The lowest BCUT2D eigenvalue weighted by molar-refractivity contribution is 0.441. The lowest BCUT2D eigenvalue weighted by Gasteiger charge is -2.03. The van der Waals surface area contributed by atoms with E-state index in [4.69, 9.17) is 10.00 Å². The monoisotopic (exact) mass is 275 g/mol. The summed E-state index contributed by atoms with van der Waals surface area (Å²) >= 11 is 3.33. The summed E-state index contributed by atoms with van der Waals surface area (Å²) in [5.41, 5.74) is 0.278. The van der Waals surface area contributed by atoms with Crippen LogP contribution in [0.25, 0.3) is 0 Å². The van der Waals surface area contributed by atoms with Crippen LogP contribution < -0.4 is 4.74 Å². The van der Waals surface area contributed by atoms with Gasteiger partial charge in [-0.25, -0.2) is 4.98 Å². The fraction of sp³-hybridized carbons (Fsp3) is 0. The van der Waals surface area contributed by atoms with Crippen molar-refractivity contribution in [3.63, 3.8) is 0 Å². The Morgan fingerprint density at radius 2 is 2.19 bits per heavy atom. The van der Waals surface area contributed by atoms with Crippen LogP contribution in [0.3, 0.4) is 0 Å². The zero-order valence-corrected chi connectivity index (χ0v) is 9.68. The first-order valence-electron chi connectivity index (χ1n) is 4.44. The predicted molar refractivity (Wildman–Crippen MR) is 61.0 cm³/mol. The molecular formula is C11H6BrN3O. The smallest absolute Gasteiger partial charge is 0.323 e. The Labute approximate surface area is 101 Å². The normalized spacial score (nSPS) is 9.50. The van der Waals surface area contributed by atoms with Gasteiger partial charge in [-0.15, -0.1) is 0 Å². The van der Waals surface area contributed by atoms with Gasteiger partial charge >= 0.3 is 6.01 Å². The van der Waals surface area contributed by atoms with Crippen molar-refractivity contribution in [2.75, 3.05) is 0 Å². The van der Waals surface area contributed by atoms with Crippen molar-refractivity contribution in [2.45, 2.75) is 0 Å². The number of nitriles is 1. The highest BCUT2D eigenvalue weighted by Gasteiger charge is 2.01. The van der Waals surface area contributed by atoms with Gasteiger partial charge in [0.2, 0.25) is 0 Å². The van der Waals surface area contributed by atoms with Crippen LogP contribution in [-0.4, -0.2) is 9.97 Å². The van der Waals surface area contributed by atoms with Crippen molar-refractivity contribution in [1.82, 2.24) is 9.97 Å². The Hall–Kier alpha value is -1.93. The Morgan fingerprint density at radius 3 is 2.94 bits per heavy atom. The number of hydrogen-bond donors (Lipinski definition) is 0. The first kappa shape index (κ1) is 10.6. The number of halogens is 1. The van der Waals surface area contributed by atoms with E-state index >= 15 is 0 Å². The summed E-state index contributed by atoms with van der Waals surface area (Å²) in [5, 5.41) is 8.67. The highest BCUT2D eigenvalue weighted by Crippen LogP contribution is 2.21. The fourth-order valence-corrected chi connectivity index (χ4v) is 1.47. The van der Waals surface area contributed by atoms with E-state index in [9.17, 15) is 0 Å². The lowest BCUT2D eigenvalue weighted by atomic mass is 10.3. The first-order chi connectivity index (χ1) is 7.78. The van der Waals surface area contributed by atoms with Gasteiger partial charge in [0.1, 0.15) is 17.5 Å². The standard InChI is InChI=1S/C11H6BrN3O/c12-8-2-1-3-10(6-8)16-11-14-5-4-9(7-13)15-11/h1-6H. The molecule has 0 saturated carbocycles. The number of aromatic nitrogens is 2. The number of ether oxygens (including phenoxy) is 1. The van der Waals surface area contributed by atoms with E-state index in [2.05, 4.69) is 25.9 Å². The van der Waals surface area contributed by atoms with Crippen LogP contribution in [0.1, 0.15) is 5.69 Å². The SMILES string of the molecule is N#Cc1ccnc(Oc2cccc(Br)c2)n1. The molecule has 78 valence electrons. The molecule has 0 amide bonds. The van der Waals surface area contributed by atoms with E-state index in [0.717, 1.165) is 4.47 Å². The third kappa shape index (κ3) is 2.55. The molecule has 1 aromatic carbocycles. The second-order valence-corrected chi connectivity index (χ2v) is 3.81. The van der Waals surface area contributed by atoms with Crippen LogP contribution in [0, 0.1) is 11.3 Å². The quantitative estimate of drug-likeness (QED) is 0.846. The first-order valence-corrected chi connectivity index (χ1v) is 5.24. The van der Waals surface area contributed by atoms with Gasteiger partial charge < -0.3 is 4.74 Å². The molecule has 0 saturated heterocycles. The molecule has 16 heavy (non-hydrogen) atoms. The minimum atomic E-state index is 0.164. The molecule has 0 atom stereocenters. The van der Waals surface area contributed by atoms with Crippen molar-refractivity contribution >= 4 is 15.9 Å². The van der Waals surface area contributed by atoms with Crippen LogP contribution >= 0.6 is 15.9 Å². The second-order valence-electron chi connectivity index (χ2n) is 2.90. The summed E-state index contributed by atoms with van der Waals surface area (Å²) in [5.74, 6) is 0.615. The van der Waals surface area contributed by atoms with Gasteiger partial charge in [0.25, 0.3) is 0 Å². The Bertz CT molecular complexity index is 551. The maximum atomic E-state index is 8.67. The van der Waals surface area contributed by atoms with E-state index in [1.807, 2.05) is 18.2 Å². The Kier molecular flexibility index (Phi) is 3.13. The molecule has 0 bridgehead atoms. The van der Waals surface area contributed by atoms with Gasteiger partial charge in [-0.05, 0) is 24.3 Å². The van der Waals surface area contributed by atoms with Crippen molar-refractivity contribution in [2.24, 2.45) is 0 Å². The van der Waals surface area contributed by atoms with Crippen LogP contribution in [0.2, 0.25) is 0 Å². The molecule has 0 aliphatic carbocycles. The van der Waals surface area contributed by atoms with Crippen molar-refractivity contribution in [3.05, 3.63) is 46.7 Å². The summed E-state index contributed by atoms with van der Waals surface area (Å²) < 4.78 is 6.30. The van der Waals surface area contributed by atoms with Crippen LogP contribution in [-0.2, 0) is 0 Å². The molecule has 0 unspecified atom stereocenters. The Balaban J connectivity index is 2.24. The van der Waals surface area contributed by atoms with E-state index < -0.39 is 0 Å². The summed E-state index contributed by atoms with van der Waals surface area (Å²) in [4.78, 5) is 7.82. The molecule has 0 spiro atoms. The average molecular weight is 276 g/mol. The van der Waals surface area contributed by atoms with Crippen molar-refractivity contribution in [3.8, 4) is 17.8 Å². The highest BCUT2D eigenvalue weighted by molar-refractivity contribution is 9.10. The third-order valence-corrected chi connectivity index (χ3v) is 2.25. The molecule has 0 fully saturated rings. The summed E-state index contributed by atoms with van der Waals surface area (Å²) in [6.45, 7) is 0. The van der Waals surface area contributed by atoms with Gasteiger partial charge in [0.05, 0.1) is 0 Å². The third-order valence-electron chi connectivity index (χ3n) is 1.75. The fourth-order valence-electron chi connectivity index (χ4n) is 1.09. The minimum Gasteiger partial charge on any atom is -0.424 e. The zero-order chi connectivity index (χ0) is 11.4. The summed E-state index contributed by atoms with van der Waals surface area (Å²) in [6.07, 6.45) is 1.48. The maximum absolute atomic E-state index is 8.67. The van der Waals surface area contributed by atoms with Gasteiger partial charge in [0.15, 0.2) is 0 Å². The van der Waals surface area contributed by atoms with Gasteiger partial charge in [-0.3, -0.25) is 0 Å². The lowest BCUT2D eigenvalue weighted by Crippen LogP contribution is -1.93. The molecular weight excluding hydrogens is 270 g/mol. The van der Waals surface area contributed by atoms with Crippen molar-refractivity contribution < 1.29 is 4.74 Å². The van der Waals surface area contributed by atoms with E-state index in [1.54, 1.807) is 12.1 Å². The maximum Gasteiger partial charge on any atom is 0.323 e. The van der Waals surface area contributed by atoms with Crippen molar-refractivity contribution in [1.29, 1.82) is 5.26 Å². The molecule has 0 radical (unpaired) electrons.